The zero-order chi connectivity index (χ0) is 17.1. The summed E-state index contributed by atoms with van der Waals surface area (Å²) < 4.78 is 5.42. The molecular formula is C17H24ClNO3. The fourth-order valence-electron chi connectivity index (χ4n) is 1.99. The van der Waals surface area contributed by atoms with Gasteiger partial charge in [0.1, 0.15) is 11.5 Å². The summed E-state index contributed by atoms with van der Waals surface area (Å²) in [4.78, 5) is 24.1. The van der Waals surface area contributed by atoms with E-state index in [-0.39, 0.29) is 17.2 Å². The van der Waals surface area contributed by atoms with Crippen molar-refractivity contribution in [2.75, 3.05) is 11.2 Å². The number of benzene rings is 1. The molecule has 0 saturated heterocycles. The lowest BCUT2D eigenvalue weighted by Crippen LogP contribution is -2.27. The van der Waals surface area contributed by atoms with E-state index < -0.39 is 11.6 Å². The van der Waals surface area contributed by atoms with Crippen LogP contribution in [-0.4, -0.2) is 23.4 Å². The van der Waals surface area contributed by atoms with Crippen LogP contribution in [0.15, 0.2) is 18.2 Å². The Morgan fingerprint density at radius 1 is 1.14 bits per heavy atom. The first-order chi connectivity index (χ1) is 9.95. The van der Waals surface area contributed by atoms with Crippen molar-refractivity contribution < 1.29 is 14.3 Å². The van der Waals surface area contributed by atoms with Crippen molar-refractivity contribution in [1.82, 2.24) is 0 Å². The summed E-state index contributed by atoms with van der Waals surface area (Å²) >= 11 is 5.58. The highest BCUT2D eigenvalue weighted by molar-refractivity contribution is 6.29. The maximum absolute atomic E-state index is 12.4. The van der Waals surface area contributed by atoms with Gasteiger partial charge in [0.15, 0.2) is 0 Å². The summed E-state index contributed by atoms with van der Waals surface area (Å²) in [5.41, 5.74) is 0.806. The van der Waals surface area contributed by atoms with Gasteiger partial charge in [-0.1, -0.05) is 32.9 Å². The topological polar surface area (TPSA) is 55.4 Å². The number of hydrogen-bond acceptors (Lipinski definition) is 3. The molecule has 4 nitrogen and oxygen atoms in total. The van der Waals surface area contributed by atoms with Gasteiger partial charge in [0, 0.05) is 0 Å². The lowest BCUT2D eigenvalue weighted by molar-refractivity contribution is -0.113. The highest BCUT2D eigenvalue weighted by Crippen LogP contribution is 2.33. The van der Waals surface area contributed by atoms with Crippen LogP contribution < -0.4 is 5.32 Å². The molecule has 22 heavy (non-hydrogen) atoms. The molecule has 0 unspecified atom stereocenters. The Morgan fingerprint density at radius 2 is 1.73 bits per heavy atom. The fourth-order valence-corrected chi connectivity index (χ4v) is 2.05. The van der Waals surface area contributed by atoms with Gasteiger partial charge in [-0.05, 0) is 37.8 Å². The van der Waals surface area contributed by atoms with Crippen LogP contribution in [0, 0.1) is 0 Å². The summed E-state index contributed by atoms with van der Waals surface area (Å²) in [6.45, 7) is 11.4. The number of halogens is 1. The molecule has 0 bridgehead atoms. The van der Waals surface area contributed by atoms with E-state index >= 15 is 0 Å². The lowest BCUT2D eigenvalue weighted by atomic mass is 9.84. The second kappa shape index (κ2) is 6.69. The highest BCUT2D eigenvalue weighted by Gasteiger charge is 2.26. The van der Waals surface area contributed by atoms with Crippen LogP contribution in [0.5, 0.6) is 0 Å². The molecule has 0 aromatic heterocycles. The number of ether oxygens (including phenoxy) is 1. The molecule has 0 saturated carbocycles. The highest BCUT2D eigenvalue weighted by atomic mass is 35.5. The number of carbonyl (C=O) groups is 2. The molecule has 122 valence electrons. The molecule has 0 aliphatic carbocycles. The largest absolute Gasteiger partial charge is 0.456 e. The Labute approximate surface area is 137 Å². The molecule has 0 heterocycles. The zero-order valence-corrected chi connectivity index (χ0v) is 14.8. The second-order valence-electron chi connectivity index (χ2n) is 7.16. The number of amides is 1. The Kier molecular flexibility index (Phi) is 5.63. The summed E-state index contributed by atoms with van der Waals surface area (Å²) in [7, 11) is 0. The molecule has 1 rings (SSSR count). The lowest BCUT2D eigenvalue weighted by Gasteiger charge is -2.26. The fraction of sp³-hybridized carbons (Fsp3) is 0.529. The number of rotatable bonds is 3. The van der Waals surface area contributed by atoms with Crippen LogP contribution >= 0.6 is 11.6 Å². The van der Waals surface area contributed by atoms with E-state index in [1.54, 1.807) is 32.9 Å². The third-order valence-electron chi connectivity index (χ3n) is 2.88. The molecule has 1 N–H and O–H groups in total. The molecule has 0 aliphatic rings. The predicted octanol–water partition coefficient (Wildman–Crippen LogP) is 4.12. The number of hydrogen-bond donors (Lipinski definition) is 1. The Morgan fingerprint density at radius 3 is 2.18 bits per heavy atom. The maximum Gasteiger partial charge on any atom is 0.340 e. The molecule has 1 amide bonds. The monoisotopic (exact) mass is 325 g/mol. The summed E-state index contributed by atoms with van der Waals surface area (Å²) in [6.07, 6.45) is 0. The van der Waals surface area contributed by atoms with Gasteiger partial charge >= 0.3 is 5.97 Å². The van der Waals surface area contributed by atoms with Crippen molar-refractivity contribution in [3.05, 3.63) is 29.3 Å². The van der Waals surface area contributed by atoms with Crippen LogP contribution in [0.4, 0.5) is 5.69 Å². The molecule has 5 heteroatoms. The van der Waals surface area contributed by atoms with Crippen LogP contribution in [0.2, 0.25) is 0 Å². The number of esters is 1. The van der Waals surface area contributed by atoms with Crippen molar-refractivity contribution in [3.8, 4) is 0 Å². The molecule has 0 aliphatic heterocycles. The predicted molar refractivity (Wildman–Crippen MR) is 89.7 cm³/mol. The van der Waals surface area contributed by atoms with E-state index in [9.17, 15) is 9.59 Å². The minimum Gasteiger partial charge on any atom is -0.456 e. The van der Waals surface area contributed by atoms with E-state index in [2.05, 4.69) is 5.32 Å². The Hall–Kier alpha value is -1.55. The van der Waals surface area contributed by atoms with Crippen LogP contribution in [0.1, 0.15) is 57.5 Å². The Balaban J connectivity index is 3.38. The number of anilines is 1. The number of para-hydroxylation sites is 1. The van der Waals surface area contributed by atoms with Crippen molar-refractivity contribution in [2.45, 2.75) is 52.6 Å². The van der Waals surface area contributed by atoms with E-state index in [0.29, 0.717) is 11.3 Å². The molecule has 1 aromatic rings. The van der Waals surface area contributed by atoms with Crippen molar-refractivity contribution >= 4 is 29.2 Å². The van der Waals surface area contributed by atoms with Crippen molar-refractivity contribution in [2.24, 2.45) is 0 Å². The van der Waals surface area contributed by atoms with Gasteiger partial charge in [-0.3, -0.25) is 4.79 Å². The third kappa shape index (κ3) is 5.02. The second-order valence-corrected chi connectivity index (χ2v) is 7.43. The van der Waals surface area contributed by atoms with Gasteiger partial charge in [-0.15, -0.1) is 11.6 Å². The number of alkyl halides is 1. The van der Waals surface area contributed by atoms with Gasteiger partial charge in [-0.25, -0.2) is 4.79 Å². The van der Waals surface area contributed by atoms with Crippen molar-refractivity contribution in [3.63, 3.8) is 0 Å². The van der Waals surface area contributed by atoms with Crippen molar-refractivity contribution in [1.29, 1.82) is 0 Å². The zero-order valence-electron chi connectivity index (χ0n) is 14.0. The average molecular weight is 326 g/mol. The van der Waals surface area contributed by atoms with E-state index in [1.165, 1.54) is 0 Å². The standard InChI is InChI=1S/C17H24ClNO3/c1-16(2,3)12-9-7-8-11(14(12)19-13(20)10-18)15(21)22-17(4,5)6/h7-9H,10H2,1-6H3,(H,19,20). The first-order valence-corrected chi connectivity index (χ1v) is 7.72. The van der Waals surface area contributed by atoms with Gasteiger partial charge in [0.05, 0.1) is 11.3 Å². The molecule has 0 radical (unpaired) electrons. The third-order valence-corrected chi connectivity index (χ3v) is 3.12. The SMILES string of the molecule is CC(C)(C)OC(=O)c1cccc(C(C)(C)C)c1NC(=O)CCl. The maximum atomic E-state index is 12.4. The first-order valence-electron chi connectivity index (χ1n) is 7.18. The van der Waals surface area contributed by atoms with Gasteiger partial charge in [0.25, 0.3) is 0 Å². The van der Waals surface area contributed by atoms with Gasteiger partial charge < -0.3 is 10.1 Å². The molecule has 1 aromatic carbocycles. The average Bonchev–Trinajstić information content (AvgIpc) is 2.35. The van der Waals surface area contributed by atoms with Crippen LogP contribution in [-0.2, 0) is 14.9 Å². The summed E-state index contributed by atoms with van der Waals surface area (Å²) in [5, 5.41) is 2.73. The minimum atomic E-state index is -0.609. The van der Waals surface area contributed by atoms with Crippen LogP contribution in [0.3, 0.4) is 0 Å². The normalized spacial score (nSPS) is 12.0. The molecular weight excluding hydrogens is 302 g/mol. The molecule has 0 spiro atoms. The quantitative estimate of drug-likeness (QED) is 0.672. The smallest absolute Gasteiger partial charge is 0.340 e. The van der Waals surface area contributed by atoms with Crippen LogP contribution in [0.25, 0.3) is 0 Å². The number of carbonyl (C=O) groups excluding carboxylic acids is 2. The van der Waals surface area contributed by atoms with Gasteiger partial charge in [-0.2, -0.15) is 0 Å². The molecule has 0 fully saturated rings. The summed E-state index contributed by atoms with van der Waals surface area (Å²) in [6, 6.07) is 5.32. The number of nitrogens with one attached hydrogen (secondary N) is 1. The van der Waals surface area contributed by atoms with E-state index in [0.717, 1.165) is 5.56 Å². The first kappa shape index (κ1) is 18.5. The minimum absolute atomic E-state index is 0.174. The Bertz CT molecular complexity index is 568. The summed E-state index contributed by atoms with van der Waals surface area (Å²) in [5.74, 6) is -1.00. The molecule has 0 atom stereocenters. The van der Waals surface area contributed by atoms with Gasteiger partial charge in [0.2, 0.25) is 5.91 Å². The van der Waals surface area contributed by atoms with E-state index in [1.807, 2.05) is 26.8 Å². The van der Waals surface area contributed by atoms with E-state index in [4.69, 9.17) is 16.3 Å².